The second kappa shape index (κ2) is 9.05. The van der Waals surface area contributed by atoms with Crippen LogP contribution in [0.5, 0.6) is 5.75 Å². The molecule has 2 aromatic heterocycles. The first-order chi connectivity index (χ1) is 15.1. The van der Waals surface area contributed by atoms with Gasteiger partial charge in [-0.1, -0.05) is 30.0 Å². The van der Waals surface area contributed by atoms with Crippen LogP contribution < -0.4 is 15.2 Å². The first-order valence-corrected chi connectivity index (χ1v) is 10.7. The number of amides is 1. The lowest BCUT2D eigenvalue weighted by molar-refractivity contribution is -0.115. The van der Waals surface area contributed by atoms with Crippen LogP contribution in [-0.2, 0) is 4.79 Å². The summed E-state index contributed by atoms with van der Waals surface area (Å²) in [6.45, 7) is 2.47. The molecule has 9 heteroatoms. The van der Waals surface area contributed by atoms with Gasteiger partial charge in [0, 0.05) is 12.7 Å². The molecule has 0 saturated heterocycles. The number of rotatable bonds is 7. The molecule has 0 radical (unpaired) electrons. The van der Waals surface area contributed by atoms with Crippen LogP contribution in [0.3, 0.4) is 0 Å². The van der Waals surface area contributed by atoms with Gasteiger partial charge in [-0.05, 0) is 43.3 Å². The predicted octanol–water partition coefficient (Wildman–Crippen LogP) is 3.26. The van der Waals surface area contributed by atoms with E-state index in [0.717, 1.165) is 5.69 Å². The normalized spacial score (nSPS) is 10.9. The SMILES string of the molecule is CCOc1ccc(-n2c(SCC(=O)N(C)c3ccccc3)nc3[nH]ncc3c2=O)cc1. The van der Waals surface area contributed by atoms with E-state index in [0.29, 0.717) is 34.2 Å². The Labute approximate surface area is 182 Å². The Morgan fingerprint density at radius 1 is 1.16 bits per heavy atom. The predicted molar refractivity (Wildman–Crippen MR) is 121 cm³/mol. The standard InChI is InChI=1S/C22H21N5O3S/c1-3-30-17-11-9-16(10-12-17)27-21(29)18-13-23-25-20(18)24-22(27)31-14-19(28)26(2)15-7-5-4-6-8-15/h4-13H,3,14H2,1-2H3,(H,23,25). The minimum Gasteiger partial charge on any atom is -0.494 e. The molecule has 0 bridgehead atoms. The van der Waals surface area contributed by atoms with Crippen LogP contribution in [0, 0.1) is 0 Å². The summed E-state index contributed by atoms with van der Waals surface area (Å²) in [5.41, 5.74) is 1.57. The van der Waals surface area contributed by atoms with Crippen LogP contribution in [0.15, 0.2) is 70.7 Å². The first-order valence-electron chi connectivity index (χ1n) is 9.72. The zero-order valence-electron chi connectivity index (χ0n) is 17.1. The average Bonchev–Trinajstić information content (AvgIpc) is 3.28. The molecule has 0 aliphatic carbocycles. The summed E-state index contributed by atoms with van der Waals surface area (Å²) in [6.07, 6.45) is 1.46. The van der Waals surface area contributed by atoms with E-state index in [1.54, 1.807) is 36.2 Å². The van der Waals surface area contributed by atoms with E-state index in [-0.39, 0.29) is 17.2 Å². The average molecular weight is 436 g/mol. The van der Waals surface area contributed by atoms with Crippen molar-refractivity contribution >= 4 is 34.4 Å². The molecule has 1 N–H and O–H groups in total. The molecule has 1 amide bonds. The molecule has 4 aromatic rings. The summed E-state index contributed by atoms with van der Waals surface area (Å²) < 4.78 is 6.98. The fourth-order valence-corrected chi connectivity index (χ4v) is 3.99. The summed E-state index contributed by atoms with van der Waals surface area (Å²) in [4.78, 5) is 32.0. The van der Waals surface area contributed by atoms with Crippen molar-refractivity contribution in [1.29, 1.82) is 0 Å². The zero-order valence-corrected chi connectivity index (χ0v) is 17.9. The highest BCUT2D eigenvalue weighted by atomic mass is 32.2. The fourth-order valence-electron chi connectivity index (χ4n) is 3.08. The number of nitrogens with zero attached hydrogens (tertiary/aromatic N) is 4. The maximum Gasteiger partial charge on any atom is 0.269 e. The number of ether oxygens (including phenoxy) is 1. The molecular weight excluding hydrogens is 414 g/mol. The van der Waals surface area contributed by atoms with E-state index < -0.39 is 0 Å². The van der Waals surface area contributed by atoms with Crippen LogP contribution >= 0.6 is 11.8 Å². The van der Waals surface area contributed by atoms with Gasteiger partial charge in [0.25, 0.3) is 5.56 Å². The monoisotopic (exact) mass is 435 g/mol. The van der Waals surface area contributed by atoms with E-state index in [1.165, 1.54) is 22.5 Å². The maximum absolute atomic E-state index is 13.1. The number of hydrogen-bond donors (Lipinski definition) is 1. The molecule has 2 heterocycles. The van der Waals surface area contributed by atoms with Crippen LogP contribution in [0.2, 0.25) is 0 Å². The van der Waals surface area contributed by atoms with Gasteiger partial charge in [-0.15, -0.1) is 0 Å². The smallest absolute Gasteiger partial charge is 0.269 e. The molecule has 4 rings (SSSR count). The third-order valence-corrected chi connectivity index (χ3v) is 5.62. The van der Waals surface area contributed by atoms with E-state index in [4.69, 9.17) is 4.74 Å². The number of anilines is 1. The van der Waals surface area contributed by atoms with Crippen molar-refractivity contribution in [3.05, 3.63) is 71.1 Å². The van der Waals surface area contributed by atoms with Crippen LogP contribution in [0.1, 0.15) is 6.92 Å². The Balaban J connectivity index is 1.66. The quantitative estimate of drug-likeness (QED) is 0.354. The number of hydrogen-bond acceptors (Lipinski definition) is 6. The van der Waals surface area contributed by atoms with Gasteiger partial charge < -0.3 is 9.64 Å². The fraction of sp³-hybridized carbons (Fsp3) is 0.182. The summed E-state index contributed by atoms with van der Waals surface area (Å²) in [5, 5.41) is 7.46. The molecule has 0 fully saturated rings. The molecule has 158 valence electrons. The van der Waals surface area contributed by atoms with Crippen LogP contribution in [-0.4, -0.2) is 45.1 Å². The lowest BCUT2D eigenvalue weighted by Gasteiger charge is -2.17. The number of nitrogens with one attached hydrogen (secondary N) is 1. The molecule has 2 aromatic carbocycles. The van der Waals surface area contributed by atoms with E-state index in [2.05, 4.69) is 15.2 Å². The Hall–Kier alpha value is -3.59. The van der Waals surface area contributed by atoms with Crippen molar-refractivity contribution in [3.8, 4) is 11.4 Å². The number of aromatic amines is 1. The molecule has 31 heavy (non-hydrogen) atoms. The Morgan fingerprint density at radius 3 is 2.61 bits per heavy atom. The third-order valence-electron chi connectivity index (χ3n) is 4.70. The van der Waals surface area contributed by atoms with Crippen molar-refractivity contribution < 1.29 is 9.53 Å². The second-order valence-corrected chi connectivity index (χ2v) is 7.61. The molecule has 0 spiro atoms. The van der Waals surface area contributed by atoms with E-state index in [1.807, 2.05) is 37.3 Å². The number of aromatic nitrogens is 4. The lowest BCUT2D eigenvalue weighted by Crippen LogP contribution is -2.28. The number of thioether (sulfide) groups is 1. The first kappa shape index (κ1) is 20.7. The Kier molecular flexibility index (Phi) is 6.03. The minimum atomic E-state index is -0.255. The van der Waals surface area contributed by atoms with Gasteiger partial charge in [0.15, 0.2) is 10.8 Å². The van der Waals surface area contributed by atoms with E-state index in [9.17, 15) is 9.59 Å². The Bertz CT molecular complexity index is 1250. The highest BCUT2D eigenvalue weighted by Gasteiger charge is 2.18. The highest BCUT2D eigenvalue weighted by molar-refractivity contribution is 7.99. The van der Waals surface area contributed by atoms with Crippen molar-refractivity contribution in [2.75, 3.05) is 24.3 Å². The number of para-hydroxylation sites is 1. The minimum absolute atomic E-state index is 0.103. The van der Waals surface area contributed by atoms with E-state index >= 15 is 0 Å². The van der Waals surface area contributed by atoms with Gasteiger partial charge in [-0.3, -0.25) is 19.3 Å². The zero-order chi connectivity index (χ0) is 21.8. The molecule has 0 saturated carbocycles. The molecule has 0 atom stereocenters. The number of fused-ring (bicyclic) bond motifs is 1. The van der Waals surface area contributed by atoms with Crippen molar-refractivity contribution in [2.45, 2.75) is 12.1 Å². The Morgan fingerprint density at radius 2 is 1.90 bits per heavy atom. The highest BCUT2D eigenvalue weighted by Crippen LogP contribution is 2.23. The molecule has 0 aliphatic heterocycles. The summed E-state index contributed by atoms with van der Waals surface area (Å²) >= 11 is 1.20. The third kappa shape index (κ3) is 4.31. The van der Waals surface area contributed by atoms with Gasteiger partial charge >= 0.3 is 0 Å². The second-order valence-electron chi connectivity index (χ2n) is 6.67. The van der Waals surface area contributed by atoms with Gasteiger partial charge in [0.05, 0.1) is 24.2 Å². The van der Waals surface area contributed by atoms with Gasteiger partial charge in [-0.25, -0.2) is 4.98 Å². The molecule has 0 unspecified atom stereocenters. The largest absolute Gasteiger partial charge is 0.494 e. The lowest BCUT2D eigenvalue weighted by atomic mass is 10.3. The molecule has 0 aliphatic rings. The summed E-state index contributed by atoms with van der Waals surface area (Å²) in [7, 11) is 1.73. The number of carbonyl (C=O) groups is 1. The molecular formula is C22H21N5O3S. The topological polar surface area (TPSA) is 93.1 Å². The molecule has 8 nitrogen and oxygen atoms in total. The summed E-state index contributed by atoms with van der Waals surface area (Å²) in [6, 6.07) is 16.6. The van der Waals surface area contributed by atoms with Crippen molar-refractivity contribution in [2.24, 2.45) is 0 Å². The number of H-pyrrole nitrogens is 1. The number of carbonyl (C=O) groups excluding carboxylic acids is 1. The van der Waals surface area contributed by atoms with Crippen molar-refractivity contribution in [3.63, 3.8) is 0 Å². The van der Waals surface area contributed by atoms with Gasteiger partial charge in [0.2, 0.25) is 5.91 Å². The van der Waals surface area contributed by atoms with Gasteiger partial charge in [-0.2, -0.15) is 5.10 Å². The number of benzene rings is 2. The maximum atomic E-state index is 13.1. The van der Waals surface area contributed by atoms with Crippen LogP contribution in [0.4, 0.5) is 5.69 Å². The van der Waals surface area contributed by atoms with Crippen molar-refractivity contribution in [1.82, 2.24) is 19.7 Å². The van der Waals surface area contributed by atoms with Crippen LogP contribution in [0.25, 0.3) is 16.7 Å². The van der Waals surface area contributed by atoms with Gasteiger partial charge in [0.1, 0.15) is 11.1 Å². The summed E-state index contributed by atoms with van der Waals surface area (Å²) in [5.74, 6) is 0.730.